The zero-order valence-electron chi connectivity index (χ0n) is 26.8. The zero-order valence-corrected chi connectivity index (χ0v) is 27.8. The first kappa shape index (κ1) is 31.4. The second-order valence-electron chi connectivity index (χ2n) is 14.1. The van der Waals surface area contributed by atoms with Crippen molar-refractivity contribution >= 4 is 30.9 Å². The topological polar surface area (TPSA) is 70.0 Å². The normalized spacial score (nSPS) is 14.3. The predicted octanol–water partition coefficient (Wildman–Crippen LogP) is 6.81. The van der Waals surface area contributed by atoms with E-state index in [1.807, 2.05) is 84.9 Å². The van der Waals surface area contributed by atoms with Crippen LogP contribution in [0.2, 0.25) is 5.04 Å². The van der Waals surface area contributed by atoms with E-state index < -0.39 is 25.6 Å². The van der Waals surface area contributed by atoms with Gasteiger partial charge in [-0.25, -0.2) is 14.2 Å². The minimum absolute atomic E-state index is 0.311. The van der Waals surface area contributed by atoms with Gasteiger partial charge in [-0.15, -0.1) is 0 Å². The van der Waals surface area contributed by atoms with Gasteiger partial charge < -0.3 is 18.8 Å². The van der Waals surface area contributed by atoms with Crippen LogP contribution in [-0.2, 0) is 22.4 Å². The van der Waals surface area contributed by atoms with Crippen molar-refractivity contribution in [3.8, 4) is 5.88 Å². The number of hydrogen-bond acceptors (Lipinski definition) is 5. The van der Waals surface area contributed by atoms with E-state index in [2.05, 4.69) is 45.0 Å². The fourth-order valence-corrected chi connectivity index (χ4v) is 10.1. The maximum Gasteiger partial charge on any atom is 0.421 e. The summed E-state index contributed by atoms with van der Waals surface area (Å²) in [6.07, 6.45) is -0.379. The molecule has 0 saturated carbocycles. The van der Waals surface area contributed by atoms with Crippen LogP contribution in [0.3, 0.4) is 0 Å². The van der Waals surface area contributed by atoms with Crippen LogP contribution in [0.15, 0.2) is 60.7 Å². The predicted molar refractivity (Wildman–Crippen MR) is 169 cm³/mol. The highest BCUT2D eigenvalue weighted by Gasteiger charge is 2.53. The summed E-state index contributed by atoms with van der Waals surface area (Å²) >= 11 is 0. The number of amides is 1. The van der Waals surface area contributed by atoms with Gasteiger partial charge in [0.2, 0.25) is 0 Å². The molecule has 42 heavy (non-hydrogen) atoms. The van der Waals surface area contributed by atoms with Crippen molar-refractivity contribution in [1.82, 2.24) is 9.47 Å². The lowest BCUT2D eigenvalue weighted by Crippen LogP contribution is -2.69. The maximum atomic E-state index is 13.9. The Morgan fingerprint density at radius 1 is 0.738 bits per heavy atom. The Hall–Kier alpha value is -3.52. The summed E-state index contributed by atoms with van der Waals surface area (Å²) in [5.74, 6) is 0.481. The molecule has 1 aliphatic rings. The molecule has 0 N–H and O–H groups in total. The second-order valence-corrected chi connectivity index (χ2v) is 18.3. The molecule has 4 rings (SSSR count). The van der Waals surface area contributed by atoms with Crippen LogP contribution in [0.4, 0.5) is 9.59 Å². The standard InChI is InChI=1S/C34H46N2O5Si/c1-24-27-23-35(30(37)39-32(2,3)4)22-21-28(27)36(31(38)40-33(5,6)7)29(24)41-42(34(8,9)10,25-17-13-11-14-18-25)26-19-15-12-16-20-26/h11-20H,21-23H2,1-10H3. The van der Waals surface area contributed by atoms with Crippen LogP contribution in [0.25, 0.3) is 0 Å². The molecule has 0 unspecified atom stereocenters. The molecule has 226 valence electrons. The summed E-state index contributed by atoms with van der Waals surface area (Å²) in [5, 5.41) is 1.90. The van der Waals surface area contributed by atoms with Gasteiger partial charge in [0.15, 0.2) is 5.88 Å². The van der Waals surface area contributed by atoms with Gasteiger partial charge in [-0.1, -0.05) is 81.4 Å². The average molecular weight is 591 g/mol. The third-order valence-corrected chi connectivity index (χ3v) is 12.4. The van der Waals surface area contributed by atoms with Crippen LogP contribution < -0.4 is 14.8 Å². The van der Waals surface area contributed by atoms with E-state index in [1.165, 1.54) is 0 Å². The molecule has 7 nitrogen and oxygen atoms in total. The van der Waals surface area contributed by atoms with Crippen molar-refractivity contribution in [2.75, 3.05) is 6.54 Å². The smallest absolute Gasteiger partial charge is 0.421 e. The molecular weight excluding hydrogens is 544 g/mol. The quantitative estimate of drug-likeness (QED) is 0.312. The van der Waals surface area contributed by atoms with Gasteiger partial charge >= 0.3 is 20.5 Å². The van der Waals surface area contributed by atoms with Gasteiger partial charge in [0.25, 0.3) is 0 Å². The first-order chi connectivity index (χ1) is 19.4. The van der Waals surface area contributed by atoms with Gasteiger partial charge in [0.1, 0.15) is 11.2 Å². The number of carbonyl (C=O) groups is 2. The molecule has 2 heterocycles. The molecule has 1 aliphatic heterocycles. The zero-order chi connectivity index (χ0) is 31.1. The van der Waals surface area contributed by atoms with Crippen LogP contribution in [0, 0.1) is 6.92 Å². The highest BCUT2D eigenvalue weighted by atomic mass is 28.4. The molecule has 2 aromatic carbocycles. The van der Waals surface area contributed by atoms with Gasteiger partial charge in [-0.05, 0) is 63.9 Å². The Balaban J connectivity index is 1.94. The van der Waals surface area contributed by atoms with E-state index in [0.29, 0.717) is 25.4 Å². The Kier molecular flexibility index (Phi) is 8.44. The first-order valence-corrected chi connectivity index (χ1v) is 16.6. The summed E-state index contributed by atoms with van der Waals surface area (Å²) in [6.45, 7) is 20.5. The van der Waals surface area contributed by atoms with Crippen LogP contribution in [0.1, 0.15) is 79.1 Å². The average Bonchev–Trinajstić information content (AvgIpc) is 3.16. The van der Waals surface area contributed by atoms with Gasteiger partial charge in [-0.3, -0.25) is 0 Å². The molecule has 3 aromatic rings. The molecule has 8 heteroatoms. The fourth-order valence-electron chi connectivity index (χ4n) is 5.65. The summed E-state index contributed by atoms with van der Waals surface area (Å²) in [6, 6.07) is 20.7. The molecule has 0 bridgehead atoms. The summed E-state index contributed by atoms with van der Waals surface area (Å²) in [7, 11) is -3.08. The number of aromatic nitrogens is 1. The van der Waals surface area contributed by atoms with E-state index in [0.717, 1.165) is 27.2 Å². The molecule has 0 saturated heterocycles. The van der Waals surface area contributed by atoms with Gasteiger partial charge in [0.05, 0.1) is 6.54 Å². The molecule has 1 aromatic heterocycles. The van der Waals surface area contributed by atoms with Crippen LogP contribution in [-0.4, -0.2) is 47.7 Å². The largest absolute Gasteiger partial charge is 0.522 e. The van der Waals surface area contributed by atoms with Crippen molar-refractivity contribution < 1.29 is 23.5 Å². The van der Waals surface area contributed by atoms with E-state index in [1.54, 1.807) is 9.47 Å². The SMILES string of the molecule is Cc1c2c(n(C(=O)OC(C)(C)C)c1O[Si](c1ccccc1)(c1ccccc1)C(C)(C)C)CCN(C(=O)OC(C)(C)C)C2. The number of ether oxygens (including phenoxy) is 2. The Labute approximate surface area is 251 Å². The van der Waals surface area contributed by atoms with Crippen molar-refractivity contribution in [3.63, 3.8) is 0 Å². The number of fused-ring (bicyclic) bond motifs is 1. The van der Waals surface area contributed by atoms with Crippen molar-refractivity contribution in [2.24, 2.45) is 0 Å². The lowest BCUT2D eigenvalue weighted by atomic mass is 10.1. The molecule has 0 spiro atoms. The van der Waals surface area contributed by atoms with Crippen molar-refractivity contribution in [1.29, 1.82) is 0 Å². The lowest BCUT2D eigenvalue weighted by molar-refractivity contribution is 0.0222. The number of nitrogens with zero attached hydrogens (tertiary/aromatic N) is 2. The maximum absolute atomic E-state index is 13.9. The highest BCUT2D eigenvalue weighted by Crippen LogP contribution is 2.41. The molecular formula is C34H46N2O5Si. The summed E-state index contributed by atoms with van der Waals surface area (Å²) < 4.78 is 20.7. The number of hydrogen-bond donors (Lipinski definition) is 0. The summed E-state index contributed by atoms with van der Waals surface area (Å²) in [5.41, 5.74) is 1.23. The van der Waals surface area contributed by atoms with E-state index in [9.17, 15) is 9.59 Å². The number of carbonyl (C=O) groups excluding carboxylic acids is 2. The Bertz CT molecular complexity index is 1390. The van der Waals surface area contributed by atoms with E-state index >= 15 is 0 Å². The Morgan fingerprint density at radius 2 is 1.21 bits per heavy atom. The molecule has 0 atom stereocenters. The monoisotopic (exact) mass is 590 g/mol. The van der Waals surface area contributed by atoms with Crippen LogP contribution >= 0.6 is 0 Å². The fraction of sp³-hybridized carbons (Fsp3) is 0.471. The van der Waals surface area contributed by atoms with Crippen molar-refractivity contribution in [2.45, 2.75) is 98.4 Å². The highest BCUT2D eigenvalue weighted by molar-refractivity contribution is 7.00. The van der Waals surface area contributed by atoms with Gasteiger partial charge in [-0.2, -0.15) is 0 Å². The minimum Gasteiger partial charge on any atom is -0.522 e. The lowest BCUT2D eigenvalue weighted by Gasteiger charge is -2.43. The minimum atomic E-state index is -3.08. The third-order valence-electron chi connectivity index (χ3n) is 7.46. The number of rotatable bonds is 4. The molecule has 0 fully saturated rings. The molecule has 0 aliphatic carbocycles. The summed E-state index contributed by atoms with van der Waals surface area (Å²) in [4.78, 5) is 28.7. The van der Waals surface area contributed by atoms with E-state index in [4.69, 9.17) is 13.9 Å². The third kappa shape index (κ3) is 6.28. The second kappa shape index (κ2) is 11.3. The molecule has 1 amide bonds. The van der Waals surface area contributed by atoms with E-state index in [-0.39, 0.29) is 11.1 Å². The van der Waals surface area contributed by atoms with Crippen LogP contribution in [0.5, 0.6) is 5.88 Å². The Morgan fingerprint density at radius 3 is 1.67 bits per heavy atom. The van der Waals surface area contributed by atoms with Crippen molar-refractivity contribution in [3.05, 3.63) is 77.5 Å². The molecule has 0 radical (unpaired) electrons. The van der Waals surface area contributed by atoms with Gasteiger partial charge in [0, 0.05) is 29.8 Å². The number of benzene rings is 2. The first-order valence-electron chi connectivity index (χ1n) is 14.7.